The summed E-state index contributed by atoms with van der Waals surface area (Å²) in [6.07, 6.45) is -8.70. The van der Waals surface area contributed by atoms with Gasteiger partial charge in [0.2, 0.25) is 11.8 Å². The van der Waals surface area contributed by atoms with E-state index in [4.69, 9.17) is 0 Å². The minimum absolute atomic E-state index is 0.227. The molecule has 0 aromatic carbocycles. The first-order chi connectivity index (χ1) is 7.27. The molecule has 90 valence electrons. The minimum Gasteiger partial charge on any atom is -0.481 e. The Bertz CT molecular complexity index is 389. The monoisotopic (exact) mass is 245 g/mol. The van der Waals surface area contributed by atoms with Crippen molar-refractivity contribution in [2.75, 3.05) is 7.11 Å². The highest BCUT2D eigenvalue weighted by Crippen LogP contribution is 2.38. The lowest BCUT2D eigenvalue weighted by Gasteiger charge is -2.13. The lowest BCUT2D eigenvalue weighted by molar-refractivity contribution is -0.140. The van der Waals surface area contributed by atoms with Crippen molar-refractivity contribution in [3.05, 3.63) is 23.1 Å². The van der Waals surface area contributed by atoms with Crippen LogP contribution in [0.3, 0.4) is 0 Å². The van der Waals surface area contributed by atoms with E-state index >= 15 is 0 Å². The van der Waals surface area contributed by atoms with E-state index in [2.05, 4.69) is 9.72 Å². The van der Waals surface area contributed by atoms with Crippen LogP contribution in [0.5, 0.6) is 5.88 Å². The molecule has 8 heteroatoms. The molecule has 1 aromatic rings. The highest BCUT2D eigenvalue weighted by molar-refractivity contribution is 5.33. The van der Waals surface area contributed by atoms with Crippen LogP contribution in [0, 0.1) is 5.95 Å². The molecule has 0 fully saturated rings. The molecule has 0 spiro atoms. The Kier molecular flexibility index (Phi) is 3.30. The summed E-state index contributed by atoms with van der Waals surface area (Å²) >= 11 is 0. The molecule has 1 rings (SSSR count). The number of hydrogen-bond acceptors (Lipinski definition) is 2. The average molecular weight is 245 g/mol. The van der Waals surface area contributed by atoms with Crippen molar-refractivity contribution in [1.82, 2.24) is 4.98 Å². The fraction of sp³-hybridized carbons (Fsp3) is 0.375. The summed E-state index contributed by atoms with van der Waals surface area (Å²) < 4.78 is 78.6. The number of alkyl halides is 5. The zero-order chi connectivity index (χ0) is 12.5. The summed E-state index contributed by atoms with van der Waals surface area (Å²) in [6, 6.07) is 0.227. The molecule has 0 aliphatic heterocycles. The van der Waals surface area contributed by atoms with E-state index in [-0.39, 0.29) is 6.07 Å². The second-order valence-electron chi connectivity index (χ2n) is 2.72. The van der Waals surface area contributed by atoms with Crippen molar-refractivity contribution in [2.24, 2.45) is 0 Å². The van der Waals surface area contributed by atoms with Gasteiger partial charge < -0.3 is 4.74 Å². The molecule has 2 nitrogen and oxygen atoms in total. The SMILES string of the molecule is COc1cc(C(F)(F)F)c(C(F)F)c(F)n1. The standard InChI is InChI=1S/C8H5F6NO/c1-16-4-2-3(8(12,13)14)5(6(9)10)7(11)15-4/h2,6H,1H3. The fourth-order valence-electron chi connectivity index (χ4n) is 1.05. The summed E-state index contributed by atoms with van der Waals surface area (Å²) in [5, 5.41) is 0. The predicted molar refractivity (Wildman–Crippen MR) is 40.7 cm³/mol. The molecule has 16 heavy (non-hydrogen) atoms. The Balaban J connectivity index is 3.47. The second kappa shape index (κ2) is 4.18. The summed E-state index contributed by atoms with van der Waals surface area (Å²) in [5.41, 5.74) is -3.56. The summed E-state index contributed by atoms with van der Waals surface area (Å²) in [5.74, 6) is -2.60. The first-order valence-electron chi connectivity index (χ1n) is 3.87. The molecule has 0 bridgehead atoms. The maximum absolute atomic E-state index is 12.9. The summed E-state index contributed by atoms with van der Waals surface area (Å²) in [7, 11) is 0.948. The van der Waals surface area contributed by atoms with Crippen molar-refractivity contribution in [3.63, 3.8) is 0 Å². The molecule has 0 atom stereocenters. The molecule has 1 heterocycles. The maximum atomic E-state index is 12.9. The molecule has 0 radical (unpaired) electrons. The Morgan fingerprint density at radius 1 is 1.31 bits per heavy atom. The van der Waals surface area contributed by atoms with Crippen LogP contribution in [0.15, 0.2) is 6.07 Å². The largest absolute Gasteiger partial charge is 0.481 e. The van der Waals surface area contributed by atoms with Gasteiger partial charge in [0.1, 0.15) is 0 Å². The number of nitrogens with zero attached hydrogens (tertiary/aromatic N) is 1. The molecular weight excluding hydrogens is 240 g/mol. The van der Waals surface area contributed by atoms with E-state index in [1.54, 1.807) is 0 Å². The third-order valence-electron chi connectivity index (χ3n) is 1.72. The van der Waals surface area contributed by atoms with Gasteiger partial charge in [0.25, 0.3) is 6.43 Å². The van der Waals surface area contributed by atoms with Crippen LogP contribution in [-0.2, 0) is 6.18 Å². The lowest BCUT2D eigenvalue weighted by Crippen LogP contribution is -2.13. The quantitative estimate of drug-likeness (QED) is 0.589. The Labute approximate surface area is 85.9 Å². The number of hydrogen-bond donors (Lipinski definition) is 0. The minimum atomic E-state index is -5.09. The molecule has 0 aliphatic carbocycles. The topological polar surface area (TPSA) is 22.1 Å². The van der Waals surface area contributed by atoms with Gasteiger partial charge in [-0.2, -0.15) is 22.5 Å². The summed E-state index contributed by atoms with van der Waals surface area (Å²) in [4.78, 5) is 2.82. The third-order valence-corrected chi connectivity index (χ3v) is 1.72. The van der Waals surface area contributed by atoms with E-state index < -0.39 is 35.6 Å². The van der Waals surface area contributed by atoms with Crippen molar-refractivity contribution in [1.29, 1.82) is 0 Å². The van der Waals surface area contributed by atoms with E-state index in [0.717, 1.165) is 7.11 Å². The van der Waals surface area contributed by atoms with Crippen molar-refractivity contribution < 1.29 is 31.1 Å². The Morgan fingerprint density at radius 3 is 2.25 bits per heavy atom. The third kappa shape index (κ3) is 2.37. The Hall–Kier alpha value is -1.47. The van der Waals surface area contributed by atoms with Crippen LogP contribution in [0.25, 0.3) is 0 Å². The number of rotatable bonds is 2. The van der Waals surface area contributed by atoms with Gasteiger partial charge in [-0.3, -0.25) is 0 Å². The molecule has 1 aromatic heterocycles. The van der Waals surface area contributed by atoms with Crippen LogP contribution in [0.2, 0.25) is 0 Å². The van der Waals surface area contributed by atoms with Gasteiger partial charge in [0.15, 0.2) is 0 Å². The maximum Gasteiger partial charge on any atom is 0.417 e. The molecule has 0 saturated carbocycles. The first-order valence-corrected chi connectivity index (χ1v) is 3.87. The van der Waals surface area contributed by atoms with Gasteiger partial charge in [-0.1, -0.05) is 0 Å². The van der Waals surface area contributed by atoms with Crippen molar-refractivity contribution in [2.45, 2.75) is 12.6 Å². The van der Waals surface area contributed by atoms with Gasteiger partial charge in [-0.25, -0.2) is 8.78 Å². The molecule has 0 aliphatic rings. The van der Waals surface area contributed by atoms with Crippen LogP contribution in [0.1, 0.15) is 17.6 Å². The summed E-state index contributed by atoms with van der Waals surface area (Å²) in [6.45, 7) is 0. The number of ether oxygens (including phenoxy) is 1. The number of aromatic nitrogens is 1. The van der Waals surface area contributed by atoms with Gasteiger partial charge in [0.05, 0.1) is 18.2 Å². The van der Waals surface area contributed by atoms with E-state index in [1.807, 2.05) is 0 Å². The van der Waals surface area contributed by atoms with Crippen LogP contribution in [0.4, 0.5) is 26.3 Å². The van der Waals surface area contributed by atoms with Crippen LogP contribution < -0.4 is 4.74 Å². The predicted octanol–water partition coefficient (Wildman–Crippen LogP) is 3.19. The zero-order valence-corrected chi connectivity index (χ0v) is 7.78. The highest BCUT2D eigenvalue weighted by Gasteiger charge is 2.38. The number of pyridine rings is 1. The van der Waals surface area contributed by atoms with Gasteiger partial charge >= 0.3 is 6.18 Å². The second-order valence-corrected chi connectivity index (χ2v) is 2.72. The van der Waals surface area contributed by atoms with Crippen molar-refractivity contribution in [3.8, 4) is 5.88 Å². The first kappa shape index (κ1) is 12.6. The molecule has 0 saturated heterocycles. The van der Waals surface area contributed by atoms with Gasteiger partial charge in [-0.05, 0) is 0 Å². The molecule has 0 amide bonds. The van der Waals surface area contributed by atoms with Gasteiger partial charge in [-0.15, -0.1) is 0 Å². The molecule has 0 N–H and O–H groups in total. The van der Waals surface area contributed by atoms with Crippen LogP contribution >= 0.6 is 0 Å². The van der Waals surface area contributed by atoms with E-state index in [0.29, 0.717) is 0 Å². The Morgan fingerprint density at radius 2 is 1.88 bits per heavy atom. The van der Waals surface area contributed by atoms with Crippen molar-refractivity contribution >= 4 is 0 Å². The van der Waals surface area contributed by atoms with E-state index in [1.165, 1.54) is 0 Å². The highest BCUT2D eigenvalue weighted by atomic mass is 19.4. The zero-order valence-electron chi connectivity index (χ0n) is 7.78. The molecular formula is C8H5F6NO. The van der Waals surface area contributed by atoms with Crippen LogP contribution in [-0.4, -0.2) is 12.1 Å². The molecule has 0 unspecified atom stereocenters. The number of methoxy groups -OCH3 is 1. The average Bonchev–Trinajstić information content (AvgIpc) is 2.14. The normalized spacial score (nSPS) is 12.0. The van der Waals surface area contributed by atoms with Gasteiger partial charge in [0, 0.05) is 6.07 Å². The lowest BCUT2D eigenvalue weighted by atomic mass is 10.1. The smallest absolute Gasteiger partial charge is 0.417 e. The van der Waals surface area contributed by atoms with E-state index in [9.17, 15) is 26.3 Å². The number of halogens is 6. The fourth-order valence-corrected chi connectivity index (χ4v) is 1.05.